The van der Waals surface area contributed by atoms with Gasteiger partial charge in [0.05, 0.1) is 15.8 Å². The van der Waals surface area contributed by atoms with Crippen LogP contribution in [0.25, 0.3) is 0 Å². The highest BCUT2D eigenvalue weighted by Crippen LogP contribution is 2.34. The number of nitrogens with one attached hydrogen (secondary N) is 1. The van der Waals surface area contributed by atoms with Gasteiger partial charge in [-0.05, 0) is 51.4 Å². The van der Waals surface area contributed by atoms with Crippen molar-refractivity contribution in [2.45, 2.75) is 83.7 Å². The summed E-state index contributed by atoms with van der Waals surface area (Å²) in [6.07, 6.45) is 13.2. The molecular weight excluding hydrogens is 342 g/mol. The molecule has 2 saturated carbocycles. The fraction of sp³-hybridized carbons (Fsp3) is 0.667. The summed E-state index contributed by atoms with van der Waals surface area (Å²) in [6.45, 7) is 12.6. The number of primary amides is 1. The van der Waals surface area contributed by atoms with Crippen molar-refractivity contribution >= 4 is 17.7 Å². The Balaban J connectivity index is 2.04. The first-order valence-corrected chi connectivity index (χ1v) is 10.8. The zero-order chi connectivity index (χ0) is 19.1. The van der Waals surface area contributed by atoms with Crippen molar-refractivity contribution in [3.8, 4) is 0 Å². The predicted molar refractivity (Wildman–Crippen MR) is 112 cm³/mol. The van der Waals surface area contributed by atoms with E-state index in [1.165, 1.54) is 69.5 Å². The number of thioether (sulfide) groups is 1. The third-order valence-corrected chi connectivity index (χ3v) is 6.69. The number of allylic oxidation sites excluding steroid dienone is 1. The molecule has 0 bridgehead atoms. The van der Waals surface area contributed by atoms with E-state index in [1.54, 1.807) is 6.08 Å². The number of carbonyl (C=O) groups is 1. The first kappa shape index (κ1) is 20.9. The molecule has 2 aliphatic carbocycles. The molecule has 4 nitrogen and oxygen atoms in total. The number of hydrogen-bond acceptors (Lipinski definition) is 4. The van der Waals surface area contributed by atoms with Gasteiger partial charge in [0.2, 0.25) is 0 Å². The molecule has 0 aromatic carbocycles. The maximum Gasteiger partial charge on any atom is 0.255 e. The highest BCUT2D eigenvalue weighted by molar-refractivity contribution is 8.07. The average molecular weight is 378 g/mol. The number of carbonyl (C=O) groups excluding carboxylic acids is 1. The normalized spacial score (nSPS) is 24.8. The van der Waals surface area contributed by atoms with E-state index in [0.717, 1.165) is 11.7 Å². The molecule has 0 aromatic heterocycles. The van der Waals surface area contributed by atoms with Gasteiger partial charge < -0.3 is 16.0 Å². The summed E-state index contributed by atoms with van der Waals surface area (Å²) in [5.41, 5.74) is 5.40. The van der Waals surface area contributed by atoms with Crippen LogP contribution in [0.5, 0.6) is 0 Å². The van der Waals surface area contributed by atoms with E-state index in [2.05, 4.69) is 30.3 Å². The molecule has 0 aromatic rings. The van der Waals surface area contributed by atoms with Crippen LogP contribution in [0.2, 0.25) is 0 Å². The molecule has 0 aliphatic heterocycles. The molecule has 0 unspecified atom stereocenters. The predicted octanol–water partition coefficient (Wildman–Crippen LogP) is 4.85. The SMILES string of the molecule is C=C(NC(=C)N(C1CCCCC1)C1CCC(C)CC1)S/C(=C\C)C(N)=O. The first-order valence-electron chi connectivity index (χ1n) is 9.99. The molecule has 0 radical (unpaired) electrons. The van der Waals surface area contributed by atoms with Gasteiger partial charge in [-0.25, -0.2) is 0 Å². The highest BCUT2D eigenvalue weighted by atomic mass is 32.2. The monoisotopic (exact) mass is 377 g/mol. The van der Waals surface area contributed by atoms with E-state index in [0.29, 0.717) is 22.0 Å². The maximum absolute atomic E-state index is 11.4. The number of rotatable bonds is 8. The van der Waals surface area contributed by atoms with E-state index < -0.39 is 5.91 Å². The first-order chi connectivity index (χ1) is 12.4. The highest BCUT2D eigenvalue weighted by Gasteiger charge is 2.31. The molecule has 3 N–H and O–H groups in total. The summed E-state index contributed by atoms with van der Waals surface area (Å²) in [5, 5.41) is 4.06. The number of hydrogen-bond donors (Lipinski definition) is 2. The summed E-state index contributed by atoms with van der Waals surface area (Å²) in [5.74, 6) is 1.34. The van der Waals surface area contributed by atoms with Gasteiger partial charge in [0.1, 0.15) is 0 Å². The van der Waals surface area contributed by atoms with Crippen LogP contribution in [-0.2, 0) is 4.79 Å². The average Bonchev–Trinajstić information content (AvgIpc) is 2.62. The van der Waals surface area contributed by atoms with Gasteiger partial charge in [0.15, 0.2) is 0 Å². The van der Waals surface area contributed by atoms with E-state index >= 15 is 0 Å². The Labute approximate surface area is 163 Å². The Morgan fingerprint density at radius 2 is 1.65 bits per heavy atom. The van der Waals surface area contributed by atoms with Crippen molar-refractivity contribution in [1.82, 2.24) is 10.2 Å². The minimum absolute atomic E-state index is 0.420. The van der Waals surface area contributed by atoms with Crippen LogP contribution in [0, 0.1) is 5.92 Å². The molecule has 0 spiro atoms. The third-order valence-electron chi connectivity index (χ3n) is 5.68. The second-order valence-corrected chi connectivity index (χ2v) is 8.86. The summed E-state index contributed by atoms with van der Waals surface area (Å²) >= 11 is 1.29. The zero-order valence-corrected chi connectivity index (χ0v) is 17.2. The smallest absolute Gasteiger partial charge is 0.255 e. The quantitative estimate of drug-likeness (QED) is 0.593. The van der Waals surface area contributed by atoms with Crippen LogP contribution in [0.4, 0.5) is 0 Å². The molecule has 146 valence electrons. The maximum atomic E-state index is 11.4. The fourth-order valence-electron chi connectivity index (χ4n) is 4.25. The second-order valence-electron chi connectivity index (χ2n) is 7.73. The Kier molecular flexibility index (Phi) is 8.14. The molecule has 2 rings (SSSR count). The molecule has 1 amide bonds. The molecule has 26 heavy (non-hydrogen) atoms. The molecule has 0 heterocycles. The van der Waals surface area contributed by atoms with E-state index in [1.807, 2.05) is 6.92 Å². The molecule has 2 aliphatic rings. The van der Waals surface area contributed by atoms with Gasteiger partial charge >= 0.3 is 0 Å². The zero-order valence-electron chi connectivity index (χ0n) is 16.4. The van der Waals surface area contributed by atoms with Crippen LogP contribution in [0.15, 0.2) is 35.0 Å². The summed E-state index contributed by atoms with van der Waals surface area (Å²) in [4.78, 5) is 14.5. The lowest BCUT2D eigenvalue weighted by Crippen LogP contribution is -2.47. The molecular formula is C21H35N3OS. The van der Waals surface area contributed by atoms with Gasteiger partial charge in [-0.15, -0.1) is 0 Å². The van der Waals surface area contributed by atoms with E-state index in [9.17, 15) is 4.79 Å². The third kappa shape index (κ3) is 5.83. The fourth-order valence-corrected chi connectivity index (χ4v) is 4.91. The van der Waals surface area contributed by atoms with Crippen LogP contribution in [0.1, 0.15) is 71.6 Å². The summed E-state index contributed by atoms with van der Waals surface area (Å²) in [6, 6.07) is 1.13. The summed E-state index contributed by atoms with van der Waals surface area (Å²) in [7, 11) is 0. The Hall–Kier alpha value is -1.36. The van der Waals surface area contributed by atoms with Crippen molar-refractivity contribution in [3.63, 3.8) is 0 Å². The van der Waals surface area contributed by atoms with Crippen molar-refractivity contribution in [1.29, 1.82) is 0 Å². The van der Waals surface area contributed by atoms with Gasteiger partial charge in [-0.3, -0.25) is 4.79 Å². The lowest BCUT2D eigenvalue weighted by molar-refractivity contribution is -0.113. The summed E-state index contributed by atoms with van der Waals surface area (Å²) < 4.78 is 0. The lowest BCUT2D eigenvalue weighted by Gasteiger charge is -2.45. The van der Waals surface area contributed by atoms with Gasteiger partial charge in [0, 0.05) is 12.1 Å². The van der Waals surface area contributed by atoms with Gasteiger partial charge in [-0.2, -0.15) is 0 Å². The minimum Gasteiger partial charge on any atom is -0.365 e. The topological polar surface area (TPSA) is 58.4 Å². The number of nitrogens with zero attached hydrogens (tertiary/aromatic N) is 1. The molecule has 2 fully saturated rings. The van der Waals surface area contributed by atoms with Crippen molar-refractivity contribution in [3.05, 3.63) is 35.0 Å². The Bertz CT molecular complexity index is 543. The largest absolute Gasteiger partial charge is 0.365 e. The van der Waals surface area contributed by atoms with Crippen LogP contribution < -0.4 is 11.1 Å². The Morgan fingerprint density at radius 3 is 2.19 bits per heavy atom. The second kappa shape index (κ2) is 10.1. The van der Waals surface area contributed by atoms with Crippen molar-refractivity contribution in [2.24, 2.45) is 11.7 Å². The Morgan fingerprint density at radius 1 is 1.08 bits per heavy atom. The lowest BCUT2D eigenvalue weighted by atomic mass is 9.84. The number of nitrogens with two attached hydrogens (primary N) is 1. The van der Waals surface area contributed by atoms with Crippen molar-refractivity contribution in [2.75, 3.05) is 0 Å². The van der Waals surface area contributed by atoms with Crippen LogP contribution >= 0.6 is 11.8 Å². The minimum atomic E-state index is -0.420. The van der Waals surface area contributed by atoms with Crippen LogP contribution in [-0.4, -0.2) is 22.9 Å². The molecule has 5 heteroatoms. The van der Waals surface area contributed by atoms with E-state index in [4.69, 9.17) is 5.73 Å². The molecule has 0 atom stereocenters. The van der Waals surface area contributed by atoms with Crippen molar-refractivity contribution < 1.29 is 4.79 Å². The number of amides is 1. The van der Waals surface area contributed by atoms with Gasteiger partial charge in [0.25, 0.3) is 5.91 Å². The standard InChI is InChI=1S/C21H35N3OS/c1-5-20(21(22)25)26-17(4)23-16(3)24(18-9-7-6-8-10-18)19-13-11-15(2)12-14-19/h5,15,18-19,23H,3-4,6-14H2,1-2H3,(H2,22,25)/b20-5-. The van der Waals surface area contributed by atoms with Gasteiger partial charge in [-0.1, -0.05) is 57.2 Å². The van der Waals surface area contributed by atoms with E-state index in [-0.39, 0.29) is 0 Å². The molecule has 0 saturated heterocycles. The van der Waals surface area contributed by atoms with Crippen LogP contribution in [0.3, 0.4) is 0 Å².